The second-order valence-corrected chi connectivity index (χ2v) is 5.48. The number of carboxylic acids is 1. The van der Waals surface area contributed by atoms with Crippen molar-refractivity contribution < 1.29 is 19.4 Å². The molecule has 3 N–H and O–H groups in total. The van der Waals surface area contributed by atoms with Gasteiger partial charge in [-0.2, -0.15) is 0 Å². The van der Waals surface area contributed by atoms with Crippen molar-refractivity contribution in [1.82, 2.24) is 5.32 Å². The van der Waals surface area contributed by atoms with Gasteiger partial charge in [0, 0.05) is 23.7 Å². The summed E-state index contributed by atoms with van der Waals surface area (Å²) in [6, 6.07) is 4.20. The second kappa shape index (κ2) is 6.22. The molecule has 1 saturated carbocycles. The molecule has 1 aromatic carbocycles. The number of phenols is 1. The lowest BCUT2D eigenvalue weighted by atomic mass is 9.85. The quantitative estimate of drug-likeness (QED) is 0.793. The normalized spacial score (nSPS) is 24.3. The van der Waals surface area contributed by atoms with Crippen LogP contribution in [0.3, 0.4) is 0 Å². The molecule has 1 aliphatic carbocycles. The summed E-state index contributed by atoms with van der Waals surface area (Å²) in [6.07, 6.45) is 2.91. The molecule has 0 aliphatic heterocycles. The lowest BCUT2D eigenvalue weighted by molar-refractivity contribution is -0.142. The predicted octanol–water partition coefficient (Wildman–Crippen LogP) is 2.83. The van der Waals surface area contributed by atoms with Crippen LogP contribution >= 0.6 is 0 Å². The van der Waals surface area contributed by atoms with E-state index in [-0.39, 0.29) is 23.8 Å². The predicted molar refractivity (Wildman–Crippen MR) is 73.0 cm³/mol. The molecule has 0 spiro atoms. The average molecular weight is 281 g/mol. The molecule has 0 amide bonds. The van der Waals surface area contributed by atoms with Gasteiger partial charge in [0.05, 0.1) is 5.92 Å². The third-order valence-corrected chi connectivity index (χ3v) is 4.01. The Balaban J connectivity index is 1.92. The first-order valence-electron chi connectivity index (χ1n) is 6.94. The largest absolute Gasteiger partial charge is 0.508 e. The summed E-state index contributed by atoms with van der Waals surface area (Å²) in [5.74, 6) is -1.47. The Kier molecular flexibility index (Phi) is 4.60. The zero-order chi connectivity index (χ0) is 14.7. The van der Waals surface area contributed by atoms with Gasteiger partial charge in [-0.25, -0.2) is 4.39 Å². The Hall–Kier alpha value is -1.62. The molecule has 20 heavy (non-hydrogen) atoms. The van der Waals surface area contributed by atoms with Gasteiger partial charge >= 0.3 is 5.97 Å². The summed E-state index contributed by atoms with van der Waals surface area (Å²) in [5.41, 5.74) is 0.517. The highest BCUT2D eigenvalue weighted by Crippen LogP contribution is 2.27. The SMILES string of the molecule is CC(NC1CCC(C(=O)O)CC1)c1ccc(O)cc1F. The fraction of sp³-hybridized carbons (Fsp3) is 0.533. The number of hydrogen-bond donors (Lipinski definition) is 3. The molecule has 110 valence electrons. The number of nitrogens with one attached hydrogen (secondary N) is 1. The standard InChI is InChI=1S/C15H20FNO3/c1-9(13-7-6-12(18)8-14(13)16)17-11-4-2-10(3-5-11)15(19)20/h6-11,17-18H,2-5H2,1H3,(H,19,20). The van der Waals surface area contributed by atoms with Crippen LogP contribution < -0.4 is 5.32 Å². The number of aromatic hydroxyl groups is 1. The summed E-state index contributed by atoms with van der Waals surface area (Å²) in [7, 11) is 0. The fourth-order valence-corrected chi connectivity index (χ4v) is 2.82. The Bertz CT molecular complexity index is 484. The van der Waals surface area contributed by atoms with Crippen LogP contribution in [0.1, 0.15) is 44.2 Å². The minimum atomic E-state index is -0.721. The van der Waals surface area contributed by atoms with Crippen molar-refractivity contribution in [2.45, 2.75) is 44.7 Å². The van der Waals surface area contributed by atoms with Gasteiger partial charge in [0.2, 0.25) is 0 Å². The van der Waals surface area contributed by atoms with Crippen molar-refractivity contribution in [3.63, 3.8) is 0 Å². The minimum Gasteiger partial charge on any atom is -0.508 e. The van der Waals surface area contributed by atoms with Gasteiger partial charge in [-0.1, -0.05) is 6.07 Å². The molecular weight excluding hydrogens is 261 g/mol. The van der Waals surface area contributed by atoms with E-state index in [1.807, 2.05) is 6.92 Å². The summed E-state index contributed by atoms with van der Waals surface area (Å²) in [4.78, 5) is 10.9. The highest BCUT2D eigenvalue weighted by Gasteiger charge is 2.27. The van der Waals surface area contributed by atoms with Crippen LogP contribution in [0.2, 0.25) is 0 Å². The first kappa shape index (κ1) is 14.8. The molecule has 0 radical (unpaired) electrons. The first-order chi connectivity index (χ1) is 9.47. The maximum absolute atomic E-state index is 13.7. The molecule has 0 heterocycles. The average Bonchev–Trinajstić information content (AvgIpc) is 2.39. The maximum Gasteiger partial charge on any atom is 0.306 e. The van der Waals surface area contributed by atoms with Crippen molar-refractivity contribution in [3.05, 3.63) is 29.6 Å². The summed E-state index contributed by atoms with van der Waals surface area (Å²) in [5, 5.41) is 21.5. The molecule has 1 unspecified atom stereocenters. The number of halogens is 1. The Morgan fingerprint density at radius 2 is 2.00 bits per heavy atom. The molecule has 1 fully saturated rings. The summed E-state index contributed by atoms with van der Waals surface area (Å²) < 4.78 is 13.7. The van der Waals surface area contributed by atoms with E-state index in [0.717, 1.165) is 18.9 Å². The van der Waals surface area contributed by atoms with Crippen LogP contribution in [0.25, 0.3) is 0 Å². The molecule has 4 nitrogen and oxygen atoms in total. The first-order valence-corrected chi connectivity index (χ1v) is 6.94. The van der Waals surface area contributed by atoms with Gasteiger partial charge < -0.3 is 15.5 Å². The van der Waals surface area contributed by atoms with Gasteiger partial charge in [-0.05, 0) is 38.7 Å². The van der Waals surface area contributed by atoms with E-state index in [2.05, 4.69) is 5.32 Å². The zero-order valence-corrected chi connectivity index (χ0v) is 11.5. The third kappa shape index (κ3) is 3.48. The monoisotopic (exact) mass is 281 g/mol. The van der Waals surface area contributed by atoms with E-state index in [1.54, 1.807) is 6.07 Å². The van der Waals surface area contributed by atoms with Crippen LogP contribution in [0, 0.1) is 11.7 Å². The zero-order valence-electron chi connectivity index (χ0n) is 11.5. The van der Waals surface area contributed by atoms with Crippen molar-refractivity contribution >= 4 is 5.97 Å². The molecule has 0 saturated heterocycles. The van der Waals surface area contributed by atoms with E-state index in [9.17, 15) is 14.3 Å². The van der Waals surface area contributed by atoms with Crippen molar-refractivity contribution in [2.75, 3.05) is 0 Å². The van der Waals surface area contributed by atoms with Gasteiger partial charge in [0.25, 0.3) is 0 Å². The van der Waals surface area contributed by atoms with Gasteiger partial charge in [-0.3, -0.25) is 4.79 Å². The highest BCUT2D eigenvalue weighted by molar-refractivity contribution is 5.70. The Morgan fingerprint density at radius 3 is 2.55 bits per heavy atom. The molecular formula is C15H20FNO3. The Morgan fingerprint density at radius 1 is 1.35 bits per heavy atom. The Labute approximate surface area is 117 Å². The van der Waals surface area contributed by atoms with Gasteiger partial charge in [-0.15, -0.1) is 0 Å². The van der Waals surface area contributed by atoms with E-state index in [4.69, 9.17) is 5.11 Å². The van der Waals surface area contributed by atoms with Crippen molar-refractivity contribution in [3.8, 4) is 5.75 Å². The number of rotatable bonds is 4. The number of benzene rings is 1. The van der Waals surface area contributed by atoms with E-state index >= 15 is 0 Å². The number of aliphatic carboxylic acids is 1. The topological polar surface area (TPSA) is 69.6 Å². The number of carbonyl (C=O) groups is 1. The molecule has 1 aromatic rings. The molecule has 5 heteroatoms. The number of hydrogen-bond acceptors (Lipinski definition) is 3. The summed E-state index contributed by atoms with van der Waals surface area (Å²) >= 11 is 0. The van der Waals surface area contributed by atoms with Crippen LogP contribution in [0.4, 0.5) is 4.39 Å². The van der Waals surface area contributed by atoms with E-state index in [1.165, 1.54) is 6.07 Å². The number of carboxylic acid groups (broad SMARTS) is 1. The number of phenolic OH excluding ortho intramolecular Hbond substituents is 1. The van der Waals surface area contributed by atoms with Gasteiger partial charge in [0.1, 0.15) is 11.6 Å². The molecule has 1 aliphatic rings. The van der Waals surface area contributed by atoms with Crippen LogP contribution in [-0.4, -0.2) is 22.2 Å². The van der Waals surface area contributed by atoms with Gasteiger partial charge in [0.15, 0.2) is 0 Å². The molecule has 1 atom stereocenters. The van der Waals surface area contributed by atoms with Crippen molar-refractivity contribution in [1.29, 1.82) is 0 Å². The minimum absolute atomic E-state index is 0.0829. The molecule has 0 aromatic heterocycles. The van der Waals surface area contributed by atoms with Crippen LogP contribution in [0.15, 0.2) is 18.2 Å². The van der Waals surface area contributed by atoms with Crippen LogP contribution in [0.5, 0.6) is 5.75 Å². The lowest BCUT2D eigenvalue weighted by Crippen LogP contribution is -2.36. The second-order valence-electron chi connectivity index (χ2n) is 5.48. The van der Waals surface area contributed by atoms with Crippen LogP contribution in [-0.2, 0) is 4.79 Å². The fourth-order valence-electron chi connectivity index (χ4n) is 2.82. The summed E-state index contributed by atoms with van der Waals surface area (Å²) in [6.45, 7) is 1.87. The highest BCUT2D eigenvalue weighted by atomic mass is 19.1. The lowest BCUT2D eigenvalue weighted by Gasteiger charge is -2.29. The third-order valence-electron chi connectivity index (χ3n) is 4.01. The van der Waals surface area contributed by atoms with E-state index in [0.29, 0.717) is 18.4 Å². The van der Waals surface area contributed by atoms with Crippen molar-refractivity contribution in [2.24, 2.45) is 5.92 Å². The van der Waals surface area contributed by atoms with E-state index < -0.39 is 11.8 Å². The maximum atomic E-state index is 13.7. The molecule has 2 rings (SSSR count). The molecule has 0 bridgehead atoms. The smallest absolute Gasteiger partial charge is 0.306 e.